The highest BCUT2D eigenvalue weighted by atomic mass is 17.2. The van der Waals surface area contributed by atoms with Crippen LogP contribution in [0.4, 0.5) is 4.79 Å². The van der Waals surface area contributed by atoms with Crippen LogP contribution in [0.1, 0.15) is 18.4 Å². The Morgan fingerprint density at radius 2 is 1.72 bits per heavy atom. The first-order valence-electron chi connectivity index (χ1n) is 5.41. The van der Waals surface area contributed by atoms with Crippen molar-refractivity contribution in [1.29, 1.82) is 0 Å². The van der Waals surface area contributed by atoms with Crippen molar-refractivity contribution in [2.75, 3.05) is 0 Å². The molecule has 1 aromatic carbocycles. The summed E-state index contributed by atoms with van der Waals surface area (Å²) in [6, 6.07) is 9.05. The zero-order chi connectivity index (χ0) is 13.0. The molecule has 1 aliphatic heterocycles. The standard InChI is InChI=1S/C12H11NO5/c14-10-6-7-11(15)13(10)12(16)18-17-8-9-4-2-1-3-5-9/h1-5H,6-8H2. The van der Waals surface area contributed by atoms with Gasteiger partial charge in [-0.25, -0.2) is 4.79 Å². The fraction of sp³-hybridized carbons (Fsp3) is 0.250. The van der Waals surface area contributed by atoms with Gasteiger partial charge in [-0.1, -0.05) is 30.3 Å². The van der Waals surface area contributed by atoms with Crippen LogP contribution in [0.3, 0.4) is 0 Å². The summed E-state index contributed by atoms with van der Waals surface area (Å²) in [5.74, 6) is -1.12. The molecular formula is C12H11NO5. The summed E-state index contributed by atoms with van der Waals surface area (Å²) in [6.07, 6.45) is -1.02. The van der Waals surface area contributed by atoms with Crippen LogP contribution < -0.4 is 0 Å². The highest BCUT2D eigenvalue weighted by Crippen LogP contribution is 2.13. The minimum Gasteiger partial charge on any atom is -0.274 e. The van der Waals surface area contributed by atoms with E-state index in [1.54, 1.807) is 12.1 Å². The Morgan fingerprint density at radius 1 is 1.11 bits per heavy atom. The monoisotopic (exact) mass is 249 g/mol. The molecule has 0 saturated carbocycles. The maximum atomic E-state index is 11.4. The van der Waals surface area contributed by atoms with E-state index in [0.29, 0.717) is 4.90 Å². The van der Waals surface area contributed by atoms with Gasteiger partial charge in [0.15, 0.2) is 0 Å². The fourth-order valence-corrected chi connectivity index (χ4v) is 1.54. The molecule has 1 heterocycles. The molecule has 3 amide bonds. The van der Waals surface area contributed by atoms with E-state index in [9.17, 15) is 14.4 Å². The first-order chi connectivity index (χ1) is 8.68. The molecule has 6 heteroatoms. The Labute approximate surface area is 103 Å². The van der Waals surface area contributed by atoms with Crippen molar-refractivity contribution in [2.45, 2.75) is 19.4 Å². The predicted molar refractivity (Wildman–Crippen MR) is 58.8 cm³/mol. The van der Waals surface area contributed by atoms with Crippen LogP contribution in [-0.2, 0) is 26.0 Å². The molecule has 2 rings (SSSR count). The normalized spacial score (nSPS) is 15.0. The minimum atomic E-state index is -1.08. The number of likely N-dealkylation sites (tertiary alicyclic amines) is 1. The largest absolute Gasteiger partial charge is 0.454 e. The second-order valence-corrected chi connectivity index (χ2v) is 3.72. The minimum absolute atomic E-state index is 0.0343. The molecule has 0 unspecified atom stereocenters. The molecule has 0 aromatic heterocycles. The lowest BCUT2D eigenvalue weighted by atomic mass is 10.2. The van der Waals surface area contributed by atoms with Gasteiger partial charge in [-0.3, -0.25) is 14.5 Å². The quantitative estimate of drug-likeness (QED) is 0.460. The molecule has 18 heavy (non-hydrogen) atoms. The Hall–Kier alpha value is -2.21. The maximum absolute atomic E-state index is 11.4. The second-order valence-electron chi connectivity index (χ2n) is 3.72. The number of amides is 3. The van der Waals surface area contributed by atoms with E-state index in [0.717, 1.165) is 5.56 Å². The number of hydrogen-bond acceptors (Lipinski definition) is 5. The summed E-state index contributed by atoms with van der Waals surface area (Å²) in [7, 11) is 0. The number of carbonyl (C=O) groups excluding carboxylic acids is 3. The van der Waals surface area contributed by atoms with Crippen molar-refractivity contribution in [2.24, 2.45) is 0 Å². The Bertz CT molecular complexity index is 455. The third-order valence-electron chi connectivity index (χ3n) is 2.43. The molecule has 0 N–H and O–H groups in total. The summed E-state index contributed by atoms with van der Waals surface area (Å²) >= 11 is 0. The fourth-order valence-electron chi connectivity index (χ4n) is 1.54. The number of nitrogens with zero attached hydrogens (tertiary/aromatic N) is 1. The summed E-state index contributed by atoms with van der Waals surface area (Å²) in [6.45, 7) is 0.0583. The van der Waals surface area contributed by atoms with Crippen molar-refractivity contribution in [3.8, 4) is 0 Å². The molecule has 0 bridgehead atoms. The molecule has 0 aliphatic carbocycles. The maximum Gasteiger partial charge on any atom is 0.454 e. The van der Waals surface area contributed by atoms with Crippen LogP contribution in [-0.4, -0.2) is 22.8 Å². The van der Waals surface area contributed by atoms with Gasteiger partial charge in [0.05, 0.1) is 0 Å². The van der Waals surface area contributed by atoms with Crippen LogP contribution in [0.2, 0.25) is 0 Å². The van der Waals surface area contributed by atoms with Crippen molar-refractivity contribution >= 4 is 17.9 Å². The van der Waals surface area contributed by atoms with Gasteiger partial charge in [0.2, 0.25) is 11.8 Å². The summed E-state index contributed by atoms with van der Waals surface area (Å²) in [5.41, 5.74) is 0.810. The second kappa shape index (κ2) is 5.42. The first kappa shape index (κ1) is 12.3. The van der Waals surface area contributed by atoms with Crippen molar-refractivity contribution in [3.63, 3.8) is 0 Å². The van der Waals surface area contributed by atoms with Crippen molar-refractivity contribution in [3.05, 3.63) is 35.9 Å². The topological polar surface area (TPSA) is 72.9 Å². The lowest BCUT2D eigenvalue weighted by Gasteiger charge is -2.10. The van der Waals surface area contributed by atoms with Gasteiger partial charge in [-0.05, 0) is 5.56 Å². The van der Waals surface area contributed by atoms with Gasteiger partial charge < -0.3 is 0 Å². The van der Waals surface area contributed by atoms with Crippen molar-refractivity contribution in [1.82, 2.24) is 4.90 Å². The van der Waals surface area contributed by atoms with Crippen LogP contribution in [0, 0.1) is 0 Å². The summed E-state index contributed by atoms with van der Waals surface area (Å²) in [4.78, 5) is 43.4. The average Bonchev–Trinajstić information content (AvgIpc) is 2.70. The van der Waals surface area contributed by atoms with E-state index in [1.165, 1.54) is 0 Å². The molecule has 1 saturated heterocycles. The van der Waals surface area contributed by atoms with E-state index in [4.69, 9.17) is 4.89 Å². The number of imide groups is 3. The van der Waals surface area contributed by atoms with Crippen LogP contribution in [0.15, 0.2) is 30.3 Å². The molecule has 1 fully saturated rings. The molecule has 0 atom stereocenters. The van der Waals surface area contributed by atoms with Gasteiger partial charge in [0, 0.05) is 12.8 Å². The van der Waals surface area contributed by atoms with Gasteiger partial charge in [0.1, 0.15) is 6.61 Å². The Balaban J connectivity index is 1.82. The smallest absolute Gasteiger partial charge is 0.274 e. The molecule has 94 valence electrons. The van der Waals surface area contributed by atoms with E-state index in [2.05, 4.69) is 4.89 Å². The number of rotatable bonds is 3. The van der Waals surface area contributed by atoms with Gasteiger partial charge in [-0.2, -0.15) is 9.79 Å². The van der Waals surface area contributed by atoms with Crippen molar-refractivity contribution < 1.29 is 24.2 Å². The zero-order valence-electron chi connectivity index (χ0n) is 9.50. The number of benzene rings is 1. The van der Waals surface area contributed by atoms with Gasteiger partial charge in [-0.15, -0.1) is 0 Å². The SMILES string of the molecule is O=C1CCC(=O)N1C(=O)OOCc1ccccc1. The van der Waals surface area contributed by atoms with Crippen LogP contribution >= 0.6 is 0 Å². The number of carbonyl (C=O) groups is 3. The van der Waals surface area contributed by atoms with E-state index in [-0.39, 0.29) is 19.4 Å². The third-order valence-corrected chi connectivity index (χ3v) is 2.43. The highest BCUT2D eigenvalue weighted by Gasteiger charge is 2.36. The Morgan fingerprint density at radius 3 is 2.33 bits per heavy atom. The van der Waals surface area contributed by atoms with Crippen LogP contribution in [0.25, 0.3) is 0 Å². The van der Waals surface area contributed by atoms with E-state index < -0.39 is 17.9 Å². The average molecular weight is 249 g/mol. The molecule has 0 radical (unpaired) electrons. The highest BCUT2D eigenvalue weighted by molar-refractivity contribution is 6.13. The lowest BCUT2D eigenvalue weighted by molar-refractivity contribution is -0.253. The van der Waals surface area contributed by atoms with E-state index >= 15 is 0 Å². The van der Waals surface area contributed by atoms with Crippen LogP contribution in [0.5, 0.6) is 0 Å². The summed E-state index contributed by atoms with van der Waals surface area (Å²) < 4.78 is 0. The number of hydrogen-bond donors (Lipinski definition) is 0. The zero-order valence-corrected chi connectivity index (χ0v) is 9.50. The van der Waals surface area contributed by atoms with Gasteiger partial charge >= 0.3 is 6.09 Å². The summed E-state index contributed by atoms with van der Waals surface area (Å²) in [5, 5.41) is 0. The molecule has 1 aliphatic rings. The molecule has 6 nitrogen and oxygen atoms in total. The molecular weight excluding hydrogens is 238 g/mol. The first-order valence-corrected chi connectivity index (χ1v) is 5.41. The van der Waals surface area contributed by atoms with E-state index in [1.807, 2.05) is 18.2 Å². The lowest BCUT2D eigenvalue weighted by Crippen LogP contribution is -2.35. The molecule has 1 aromatic rings. The Kier molecular flexibility index (Phi) is 3.69. The third kappa shape index (κ3) is 2.72. The van der Waals surface area contributed by atoms with Gasteiger partial charge in [0.25, 0.3) is 0 Å². The molecule has 0 spiro atoms. The predicted octanol–water partition coefficient (Wildman–Crippen LogP) is 1.40.